The first-order chi connectivity index (χ1) is 6.52. The molecule has 1 aromatic carbocycles. The standard InChI is InChI=1S/C9H11O4P.Ca.2H/c10-9(11)6-7-14(12,13)8-4-2-1-3-5-8;;;/h1-5H,6-7H2,(H,10,11)(H,12,13);;;. The predicted octanol–water partition coefficient (Wildman–Crippen LogP) is 0.141. The van der Waals surface area contributed by atoms with E-state index in [1.54, 1.807) is 18.2 Å². The molecule has 0 aliphatic carbocycles. The minimum atomic E-state index is -3.48. The van der Waals surface area contributed by atoms with Crippen LogP contribution < -0.4 is 5.30 Å². The molecule has 0 spiro atoms. The fourth-order valence-corrected chi connectivity index (χ4v) is 2.43. The molecule has 1 aromatic rings. The molecular formula is C9H13CaO4P. The molecule has 1 unspecified atom stereocenters. The van der Waals surface area contributed by atoms with Crippen molar-refractivity contribution in [2.24, 2.45) is 0 Å². The van der Waals surface area contributed by atoms with Gasteiger partial charge in [-0.25, -0.2) is 0 Å². The molecule has 0 saturated heterocycles. The molecule has 0 bridgehead atoms. The van der Waals surface area contributed by atoms with Crippen LogP contribution in [-0.2, 0) is 9.36 Å². The van der Waals surface area contributed by atoms with E-state index < -0.39 is 13.3 Å². The number of hydrogen-bond acceptors (Lipinski definition) is 2. The van der Waals surface area contributed by atoms with Crippen LogP contribution in [0.1, 0.15) is 6.42 Å². The van der Waals surface area contributed by atoms with Crippen molar-refractivity contribution >= 4 is 56.4 Å². The average molecular weight is 256 g/mol. The van der Waals surface area contributed by atoms with E-state index in [0.717, 1.165) is 0 Å². The molecule has 0 radical (unpaired) electrons. The zero-order chi connectivity index (χ0) is 10.6. The van der Waals surface area contributed by atoms with Crippen molar-refractivity contribution < 1.29 is 19.4 Å². The Morgan fingerprint density at radius 1 is 1.27 bits per heavy atom. The van der Waals surface area contributed by atoms with Crippen molar-refractivity contribution in [3.8, 4) is 0 Å². The Labute approximate surface area is 118 Å². The Hall–Kier alpha value is 0.140. The summed E-state index contributed by atoms with van der Waals surface area (Å²) in [5.74, 6) is -1.06. The molecule has 0 aliphatic heterocycles. The molecule has 0 aliphatic rings. The molecule has 80 valence electrons. The Morgan fingerprint density at radius 2 is 1.80 bits per heavy atom. The van der Waals surface area contributed by atoms with E-state index in [-0.39, 0.29) is 50.3 Å². The van der Waals surface area contributed by atoms with Gasteiger partial charge in [0, 0.05) is 11.5 Å². The Morgan fingerprint density at radius 3 is 2.27 bits per heavy atom. The fraction of sp³-hybridized carbons (Fsp3) is 0.222. The fourth-order valence-electron chi connectivity index (χ4n) is 1.04. The van der Waals surface area contributed by atoms with E-state index in [0.29, 0.717) is 5.30 Å². The molecular weight excluding hydrogens is 243 g/mol. The first-order valence-electron chi connectivity index (χ1n) is 4.11. The summed E-state index contributed by atoms with van der Waals surface area (Å²) >= 11 is 0. The number of carbonyl (C=O) groups is 1. The zero-order valence-corrected chi connectivity index (χ0v) is 8.35. The van der Waals surface area contributed by atoms with E-state index in [9.17, 15) is 14.3 Å². The number of aliphatic carboxylic acids is 1. The number of rotatable bonds is 4. The molecule has 1 rings (SSSR count). The summed E-state index contributed by atoms with van der Waals surface area (Å²) in [5.41, 5.74) is 0. The third kappa shape index (κ3) is 5.14. The molecule has 1 atom stereocenters. The number of carboxylic acid groups (broad SMARTS) is 1. The quantitative estimate of drug-likeness (QED) is 0.593. The molecule has 6 heteroatoms. The summed E-state index contributed by atoms with van der Waals surface area (Å²) in [4.78, 5) is 19.8. The van der Waals surface area contributed by atoms with Gasteiger partial charge in [0.15, 0.2) is 0 Å². The summed E-state index contributed by atoms with van der Waals surface area (Å²) in [6.07, 6.45) is -0.505. The number of carboxylic acids is 1. The van der Waals surface area contributed by atoms with Crippen LogP contribution >= 0.6 is 7.37 Å². The Balaban J connectivity index is 0.00000196. The topological polar surface area (TPSA) is 74.6 Å². The van der Waals surface area contributed by atoms with Crippen LogP contribution in [0.15, 0.2) is 30.3 Å². The normalized spacial score (nSPS) is 13.7. The maximum atomic E-state index is 11.6. The molecule has 2 N–H and O–H groups in total. The van der Waals surface area contributed by atoms with Crippen molar-refractivity contribution in [2.75, 3.05) is 6.16 Å². The molecule has 0 aromatic heterocycles. The molecule has 4 nitrogen and oxygen atoms in total. The van der Waals surface area contributed by atoms with Crippen molar-refractivity contribution in [1.29, 1.82) is 0 Å². The molecule has 0 saturated carbocycles. The van der Waals surface area contributed by atoms with Gasteiger partial charge in [0.05, 0.1) is 6.42 Å². The van der Waals surface area contributed by atoms with Gasteiger partial charge in [0.1, 0.15) is 0 Å². The van der Waals surface area contributed by atoms with Crippen molar-refractivity contribution in [1.82, 2.24) is 0 Å². The van der Waals surface area contributed by atoms with E-state index in [1.165, 1.54) is 12.1 Å². The van der Waals surface area contributed by atoms with E-state index in [4.69, 9.17) is 5.11 Å². The molecule has 0 fully saturated rings. The second-order valence-electron chi connectivity index (χ2n) is 2.90. The van der Waals surface area contributed by atoms with Gasteiger partial charge >= 0.3 is 43.7 Å². The van der Waals surface area contributed by atoms with E-state index >= 15 is 0 Å². The van der Waals surface area contributed by atoms with Gasteiger partial charge in [-0.2, -0.15) is 0 Å². The van der Waals surface area contributed by atoms with Gasteiger partial charge in [-0.1, -0.05) is 18.2 Å². The van der Waals surface area contributed by atoms with Gasteiger partial charge in [0.25, 0.3) is 0 Å². The van der Waals surface area contributed by atoms with Crippen LogP contribution in [0.2, 0.25) is 0 Å². The Bertz CT molecular complexity index is 366. The zero-order valence-electron chi connectivity index (χ0n) is 7.46. The third-order valence-corrected chi connectivity index (χ3v) is 3.72. The van der Waals surface area contributed by atoms with Gasteiger partial charge in [-0.3, -0.25) is 9.36 Å². The van der Waals surface area contributed by atoms with Crippen molar-refractivity contribution in [2.45, 2.75) is 6.42 Å². The molecule has 15 heavy (non-hydrogen) atoms. The van der Waals surface area contributed by atoms with Crippen molar-refractivity contribution in [3.63, 3.8) is 0 Å². The van der Waals surface area contributed by atoms with Gasteiger partial charge in [-0.15, -0.1) is 0 Å². The van der Waals surface area contributed by atoms with Crippen LogP contribution in [0.3, 0.4) is 0 Å². The SMILES string of the molecule is O=C(O)CCP(=O)(O)c1ccccc1.[CaH2]. The minimum absolute atomic E-state index is 0. The summed E-state index contributed by atoms with van der Waals surface area (Å²) in [5, 5.41) is 8.70. The Kier molecular flexibility index (Phi) is 6.73. The summed E-state index contributed by atoms with van der Waals surface area (Å²) < 4.78 is 11.6. The summed E-state index contributed by atoms with van der Waals surface area (Å²) in [6, 6.07) is 8.10. The summed E-state index contributed by atoms with van der Waals surface area (Å²) in [6.45, 7) is 0. The van der Waals surface area contributed by atoms with E-state index in [1.807, 2.05) is 0 Å². The number of benzene rings is 1. The first kappa shape index (κ1) is 15.1. The second-order valence-corrected chi connectivity index (χ2v) is 5.27. The monoisotopic (exact) mass is 256 g/mol. The van der Waals surface area contributed by atoms with Crippen LogP contribution in [-0.4, -0.2) is 59.9 Å². The number of hydrogen-bond donors (Lipinski definition) is 2. The molecule has 0 amide bonds. The van der Waals surface area contributed by atoms with Crippen molar-refractivity contribution in [3.05, 3.63) is 30.3 Å². The van der Waals surface area contributed by atoms with Crippen LogP contribution in [0.4, 0.5) is 0 Å². The third-order valence-electron chi connectivity index (χ3n) is 1.79. The summed E-state index contributed by atoms with van der Waals surface area (Å²) in [7, 11) is -3.48. The average Bonchev–Trinajstić information content (AvgIpc) is 2.16. The van der Waals surface area contributed by atoms with Crippen LogP contribution in [0, 0.1) is 0 Å². The van der Waals surface area contributed by atoms with Crippen LogP contribution in [0.5, 0.6) is 0 Å². The van der Waals surface area contributed by atoms with E-state index in [2.05, 4.69) is 0 Å². The van der Waals surface area contributed by atoms with Crippen LogP contribution in [0.25, 0.3) is 0 Å². The molecule has 0 heterocycles. The van der Waals surface area contributed by atoms with Gasteiger partial charge in [0.2, 0.25) is 7.37 Å². The first-order valence-corrected chi connectivity index (χ1v) is 5.96. The maximum absolute atomic E-state index is 11.6. The second kappa shape index (κ2) is 6.66. The van der Waals surface area contributed by atoms with Gasteiger partial charge < -0.3 is 10.00 Å². The van der Waals surface area contributed by atoms with Gasteiger partial charge in [-0.05, 0) is 12.1 Å². The predicted molar refractivity (Wildman–Crippen MR) is 61.6 cm³/mol.